The van der Waals surface area contributed by atoms with Gasteiger partial charge in [-0.15, -0.1) is 17.9 Å². The lowest BCUT2D eigenvalue weighted by molar-refractivity contribution is -0.113. The number of thiophene rings is 1. The van der Waals surface area contributed by atoms with Gasteiger partial charge in [0.2, 0.25) is 5.91 Å². The highest BCUT2D eigenvalue weighted by molar-refractivity contribution is 7.99. The van der Waals surface area contributed by atoms with Crippen molar-refractivity contribution in [3.05, 3.63) is 63.5 Å². The van der Waals surface area contributed by atoms with Crippen LogP contribution in [0.4, 0.5) is 10.1 Å². The van der Waals surface area contributed by atoms with Crippen molar-refractivity contribution in [1.82, 2.24) is 9.55 Å². The molecule has 0 unspecified atom stereocenters. The van der Waals surface area contributed by atoms with Crippen LogP contribution in [0.2, 0.25) is 0 Å². The summed E-state index contributed by atoms with van der Waals surface area (Å²) >= 11 is 2.63. The number of carbonyl (C=O) groups is 1. The number of aryl methyl sites for hydroxylation is 2. The van der Waals surface area contributed by atoms with E-state index in [9.17, 15) is 14.0 Å². The number of halogens is 1. The summed E-state index contributed by atoms with van der Waals surface area (Å²) in [6.45, 7) is 7.87. The van der Waals surface area contributed by atoms with E-state index in [2.05, 4.69) is 16.9 Å². The first-order valence-electron chi connectivity index (χ1n) is 8.20. The molecule has 1 amide bonds. The highest BCUT2D eigenvalue weighted by Crippen LogP contribution is 2.28. The minimum atomic E-state index is -0.421. The predicted octanol–water partition coefficient (Wildman–Crippen LogP) is 4.13. The van der Waals surface area contributed by atoms with Crippen molar-refractivity contribution in [2.45, 2.75) is 25.5 Å². The fourth-order valence-corrected chi connectivity index (χ4v) is 4.48. The van der Waals surface area contributed by atoms with Crippen LogP contribution in [-0.2, 0) is 11.3 Å². The van der Waals surface area contributed by atoms with E-state index >= 15 is 0 Å². The van der Waals surface area contributed by atoms with Crippen molar-refractivity contribution >= 4 is 44.9 Å². The van der Waals surface area contributed by atoms with Crippen LogP contribution in [0.15, 0.2) is 46.9 Å². The average molecular weight is 404 g/mol. The lowest BCUT2D eigenvalue weighted by Crippen LogP contribution is -2.23. The second-order valence-electron chi connectivity index (χ2n) is 5.91. The van der Waals surface area contributed by atoms with Gasteiger partial charge in [0.05, 0.1) is 11.1 Å². The van der Waals surface area contributed by atoms with Crippen molar-refractivity contribution in [1.29, 1.82) is 0 Å². The first-order valence-corrected chi connectivity index (χ1v) is 10.0. The van der Waals surface area contributed by atoms with Crippen molar-refractivity contribution in [3.8, 4) is 0 Å². The number of allylic oxidation sites excluding steroid dienone is 1. The number of nitrogens with one attached hydrogen (secondary N) is 1. The molecule has 140 valence electrons. The molecular weight excluding hydrogens is 385 g/mol. The fourth-order valence-electron chi connectivity index (χ4n) is 2.60. The Morgan fingerprint density at radius 1 is 1.44 bits per heavy atom. The largest absolute Gasteiger partial charge is 0.325 e. The molecular formula is C19H18FN3O2S2. The maximum Gasteiger partial charge on any atom is 0.263 e. The Balaban J connectivity index is 1.85. The smallest absolute Gasteiger partial charge is 0.263 e. The number of rotatable bonds is 6. The summed E-state index contributed by atoms with van der Waals surface area (Å²) in [5.74, 6) is -0.672. The zero-order valence-corrected chi connectivity index (χ0v) is 16.5. The molecule has 1 aromatic carbocycles. The Hall–Kier alpha value is -2.45. The summed E-state index contributed by atoms with van der Waals surface area (Å²) < 4.78 is 14.7. The van der Waals surface area contributed by atoms with Gasteiger partial charge in [0.15, 0.2) is 5.16 Å². The second-order valence-corrected chi connectivity index (χ2v) is 8.06. The van der Waals surface area contributed by atoms with E-state index in [0.717, 1.165) is 10.4 Å². The van der Waals surface area contributed by atoms with E-state index in [1.807, 2.05) is 13.8 Å². The molecule has 0 fully saturated rings. The molecule has 3 rings (SSSR count). The van der Waals surface area contributed by atoms with Crippen LogP contribution in [0, 0.1) is 19.7 Å². The van der Waals surface area contributed by atoms with Crippen molar-refractivity contribution in [2.75, 3.05) is 11.1 Å². The van der Waals surface area contributed by atoms with Gasteiger partial charge in [-0.25, -0.2) is 9.37 Å². The summed E-state index contributed by atoms with van der Waals surface area (Å²) in [6.07, 6.45) is 1.63. The van der Waals surface area contributed by atoms with E-state index in [1.54, 1.807) is 12.1 Å². The lowest BCUT2D eigenvalue weighted by Gasteiger charge is -2.10. The molecule has 8 heteroatoms. The minimum Gasteiger partial charge on any atom is -0.325 e. The number of hydrogen-bond acceptors (Lipinski definition) is 5. The third-order valence-corrected chi connectivity index (χ3v) is 6.08. The van der Waals surface area contributed by atoms with Crippen LogP contribution >= 0.6 is 23.1 Å². The molecule has 0 spiro atoms. The summed E-state index contributed by atoms with van der Waals surface area (Å²) in [6, 6.07) is 5.69. The number of aromatic nitrogens is 2. The van der Waals surface area contributed by atoms with E-state index in [1.165, 1.54) is 45.9 Å². The molecule has 2 aromatic heterocycles. The summed E-state index contributed by atoms with van der Waals surface area (Å²) in [5, 5.41) is 3.72. The summed E-state index contributed by atoms with van der Waals surface area (Å²) in [5.41, 5.74) is 1.19. The summed E-state index contributed by atoms with van der Waals surface area (Å²) in [4.78, 5) is 31.4. The number of hydrogen-bond donors (Lipinski definition) is 1. The van der Waals surface area contributed by atoms with Gasteiger partial charge in [0.1, 0.15) is 10.6 Å². The number of thioether (sulfide) groups is 1. The topological polar surface area (TPSA) is 64.0 Å². The van der Waals surface area contributed by atoms with Gasteiger partial charge >= 0.3 is 0 Å². The highest BCUT2D eigenvalue weighted by Gasteiger charge is 2.17. The summed E-state index contributed by atoms with van der Waals surface area (Å²) in [7, 11) is 0. The normalized spacial score (nSPS) is 10.9. The predicted molar refractivity (Wildman–Crippen MR) is 109 cm³/mol. The Labute approximate surface area is 163 Å². The molecule has 0 saturated carbocycles. The van der Waals surface area contributed by atoms with Gasteiger partial charge in [-0.05, 0) is 37.6 Å². The maximum absolute atomic E-state index is 13.2. The lowest BCUT2D eigenvalue weighted by atomic mass is 10.2. The first kappa shape index (κ1) is 19.3. The van der Waals surface area contributed by atoms with Crippen LogP contribution in [0.3, 0.4) is 0 Å². The quantitative estimate of drug-likeness (QED) is 0.382. The van der Waals surface area contributed by atoms with E-state index < -0.39 is 5.82 Å². The third-order valence-electron chi connectivity index (χ3n) is 4.01. The van der Waals surface area contributed by atoms with Gasteiger partial charge in [-0.1, -0.05) is 23.9 Å². The van der Waals surface area contributed by atoms with Gasteiger partial charge in [0, 0.05) is 17.1 Å². The van der Waals surface area contributed by atoms with Gasteiger partial charge < -0.3 is 5.32 Å². The molecule has 0 aliphatic carbocycles. The second kappa shape index (κ2) is 8.06. The van der Waals surface area contributed by atoms with Gasteiger partial charge in [0.25, 0.3) is 5.56 Å². The number of amides is 1. The first-order chi connectivity index (χ1) is 12.9. The van der Waals surface area contributed by atoms with Crippen LogP contribution in [0.5, 0.6) is 0 Å². The zero-order chi connectivity index (χ0) is 19.6. The molecule has 0 aliphatic heterocycles. The van der Waals surface area contributed by atoms with E-state index in [0.29, 0.717) is 27.6 Å². The van der Waals surface area contributed by atoms with Crippen LogP contribution in [0.1, 0.15) is 10.4 Å². The molecule has 0 bridgehead atoms. The van der Waals surface area contributed by atoms with Crippen LogP contribution in [0.25, 0.3) is 10.2 Å². The maximum atomic E-state index is 13.2. The highest BCUT2D eigenvalue weighted by atomic mass is 32.2. The van der Waals surface area contributed by atoms with Crippen molar-refractivity contribution in [2.24, 2.45) is 0 Å². The Kier molecular flexibility index (Phi) is 5.76. The van der Waals surface area contributed by atoms with E-state index in [4.69, 9.17) is 0 Å². The molecule has 0 saturated heterocycles. The molecule has 3 aromatic rings. The van der Waals surface area contributed by atoms with Gasteiger partial charge in [-0.2, -0.15) is 0 Å². The molecule has 0 aliphatic rings. The van der Waals surface area contributed by atoms with Crippen LogP contribution in [-0.4, -0.2) is 21.2 Å². The number of fused-ring (bicyclic) bond motifs is 1. The van der Waals surface area contributed by atoms with Crippen LogP contribution < -0.4 is 10.9 Å². The molecule has 0 radical (unpaired) electrons. The third kappa shape index (κ3) is 4.12. The van der Waals surface area contributed by atoms with Crippen molar-refractivity contribution < 1.29 is 9.18 Å². The standard InChI is InChI=1S/C19H18FN3O2S2/c1-4-8-23-18(25)16-11(2)12(3)27-17(16)22-19(23)26-10-15(24)21-14-7-5-6-13(20)9-14/h4-7,9H,1,8,10H2,2-3H3,(H,21,24). The number of benzene rings is 1. The van der Waals surface area contributed by atoms with E-state index in [-0.39, 0.29) is 17.2 Å². The van der Waals surface area contributed by atoms with Crippen molar-refractivity contribution in [3.63, 3.8) is 0 Å². The minimum absolute atomic E-state index is 0.0505. The monoisotopic (exact) mass is 403 g/mol. The molecule has 5 nitrogen and oxygen atoms in total. The molecule has 0 atom stereocenters. The van der Waals surface area contributed by atoms with Gasteiger partial charge in [-0.3, -0.25) is 14.2 Å². The number of anilines is 1. The average Bonchev–Trinajstić information content (AvgIpc) is 2.90. The number of carbonyl (C=O) groups excluding carboxylic acids is 1. The molecule has 2 heterocycles. The SMILES string of the molecule is C=CCn1c(SCC(=O)Nc2cccc(F)c2)nc2sc(C)c(C)c2c1=O. The number of nitrogens with zero attached hydrogens (tertiary/aromatic N) is 2. The zero-order valence-electron chi connectivity index (χ0n) is 14.9. The Morgan fingerprint density at radius 2 is 2.22 bits per heavy atom. The molecule has 27 heavy (non-hydrogen) atoms. The molecule has 1 N–H and O–H groups in total. The fraction of sp³-hybridized carbons (Fsp3) is 0.211. The Bertz CT molecular complexity index is 1090. The Morgan fingerprint density at radius 3 is 2.93 bits per heavy atom.